The van der Waals surface area contributed by atoms with E-state index in [4.69, 9.17) is 4.74 Å². The first-order valence-corrected chi connectivity index (χ1v) is 11.4. The fourth-order valence-electron chi connectivity index (χ4n) is 4.58. The number of anilines is 1. The van der Waals surface area contributed by atoms with Gasteiger partial charge >= 0.3 is 0 Å². The molecule has 0 radical (unpaired) electrons. The van der Waals surface area contributed by atoms with Crippen molar-refractivity contribution >= 4 is 22.4 Å². The minimum Gasteiger partial charge on any atom is -0.485 e. The molecule has 166 valence electrons. The number of fused-ring (bicyclic) bond motifs is 2. The van der Waals surface area contributed by atoms with Gasteiger partial charge in [-0.25, -0.2) is 0 Å². The Morgan fingerprint density at radius 1 is 1.12 bits per heavy atom. The highest BCUT2D eigenvalue weighted by molar-refractivity contribution is 5.96. The number of hydrogen-bond donors (Lipinski definition) is 3. The molecule has 2 atom stereocenters. The molecule has 3 N–H and O–H groups in total. The zero-order valence-electron chi connectivity index (χ0n) is 18.8. The summed E-state index contributed by atoms with van der Waals surface area (Å²) in [7, 11) is 0. The molecule has 5 rings (SSSR count). The molecule has 1 aliphatic carbocycles. The van der Waals surface area contributed by atoms with Crippen molar-refractivity contribution in [1.29, 1.82) is 0 Å². The molecule has 5 nitrogen and oxygen atoms in total. The molecule has 32 heavy (non-hydrogen) atoms. The van der Waals surface area contributed by atoms with Crippen LogP contribution in [0.2, 0.25) is 0 Å². The number of benzene rings is 3. The number of aliphatic hydroxyl groups excluding tert-OH is 1. The molecule has 1 aliphatic heterocycles. The first-order chi connectivity index (χ1) is 15.3. The smallest absolute Gasteiger partial charge is 0.228 e. The Bertz CT molecular complexity index is 1180. The molecule has 1 saturated carbocycles. The summed E-state index contributed by atoms with van der Waals surface area (Å²) in [5, 5.41) is 19.9. The summed E-state index contributed by atoms with van der Waals surface area (Å²) < 4.78 is 6.15. The lowest BCUT2D eigenvalue weighted by atomic mass is 9.85. The van der Waals surface area contributed by atoms with Gasteiger partial charge in [0.25, 0.3) is 0 Å². The second kappa shape index (κ2) is 7.91. The normalized spacial score (nSPS) is 21.6. The largest absolute Gasteiger partial charge is 0.485 e. The van der Waals surface area contributed by atoms with Crippen molar-refractivity contribution in [3.63, 3.8) is 0 Å². The Morgan fingerprint density at radius 2 is 1.88 bits per heavy atom. The Morgan fingerprint density at radius 3 is 2.66 bits per heavy atom. The van der Waals surface area contributed by atoms with Crippen molar-refractivity contribution in [3.05, 3.63) is 71.3 Å². The van der Waals surface area contributed by atoms with Crippen LogP contribution in [-0.4, -0.2) is 28.8 Å². The average molecular weight is 431 g/mol. The number of nitrogens with one attached hydrogen (secondary N) is 2. The summed E-state index contributed by atoms with van der Waals surface area (Å²) in [6.45, 7) is 5.80. The quantitative estimate of drug-likeness (QED) is 0.551. The molecule has 1 amide bonds. The van der Waals surface area contributed by atoms with E-state index < -0.39 is 11.7 Å². The van der Waals surface area contributed by atoms with Crippen molar-refractivity contribution in [1.82, 2.24) is 5.32 Å². The maximum Gasteiger partial charge on any atom is 0.228 e. The first kappa shape index (κ1) is 21.0. The predicted molar refractivity (Wildman–Crippen MR) is 127 cm³/mol. The van der Waals surface area contributed by atoms with Crippen molar-refractivity contribution in [3.8, 4) is 5.75 Å². The molecular formula is C27H30N2O3. The van der Waals surface area contributed by atoms with Crippen molar-refractivity contribution in [2.75, 3.05) is 5.32 Å². The third kappa shape index (κ3) is 3.98. The van der Waals surface area contributed by atoms with Gasteiger partial charge in [-0.1, -0.05) is 42.5 Å². The first-order valence-electron chi connectivity index (χ1n) is 11.4. The molecule has 0 unspecified atom stereocenters. The van der Waals surface area contributed by atoms with Gasteiger partial charge in [0.2, 0.25) is 5.91 Å². The molecule has 0 bridgehead atoms. The summed E-state index contributed by atoms with van der Waals surface area (Å²) in [5.74, 6) is 0.705. The SMILES string of the molecule is Cc1cc2c(cc1NC(=O)Cc1cccc3ccccc13)[C@H](NC1CC1)[C@@H](O)C(C)(C)O2. The third-order valence-electron chi connectivity index (χ3n) is 6.59. The number of amides is 1. The number of ether oxygens (including phenoxy) is 1. The van der Waals surface area contributed by atoms with Crippen LogP contribution in [0.25, 0.3) is 10.8 Å². The van der Waals surface area contributed by atoms with Crippen LogP contribution >= 0.6 is 0 Å². The summed E-state index contributed by atoms with van der Waals surface area (Å²) in [5.41, 5.74) is 2.91. The van der Waals surface area contributed by atoms with Gasteiger partial charge in [-0.05, 0) is 67.6 Å². The number of hydrogen-bond acceptors (Lipinski definition) is 4. The Kier molecular flexibility index (Phi) is 5.19. The molecule has 0 aromatic heterocycles. The predicted octanol–water partition coefficient (Wildman–Crippen LogP) is 4.65. The fourth-order valence-corrected chi connectivity index (χ4v) is 4.58. The lowest BCUT2D eigenvalue weighted by Crippen LogP contribution is -2.53. The van der Waals surface area contributed by atoms with Crippen LogP contribution in [0.5, 0.6) is 5.75 Å². The topological polar surface area (TPSA) is 70.6 Å². The van der Waals surface area contributed by atoms with E-state index in [1.54, 1.807) is 0 Å². The second-order valence-electron chi connectivity index (χ2n) is 9.64. The van der Waals surface area contributed by atoms with Gasteiger partial charge in [-0.2, -0.15) is 0 Å². The van der Waals surface area contributed by atoms with Gasteiger partial charge in [0.05, 0.1) is 12.5 Å². The zero-order chi connectivity index (χ0) is 22.5. The molecule has 3 aromatic rings. The van der Waals surface area contributed by atoms with Gasteiger partial charge in [-0.3, -0.25) is 4.79 Å². The lowest BCUT2D eigenvalue weighted by Gasteiger charge is -2.43. The summed E-state index contributed by atoms with van der Waals surface area (Å²) in [6, 6.07) is 18.3. The van der Waals surface area contributed by atoms with E-state index >= 15 is 0 Å². The van der Waals surface area contributed by atoms with E-state index in [0.29, 0.717) is 12.5 Å². The van der Waals surface area contributed by atoms with Gasteiger partial charge in [0.15, 0.2) is 0 Å². The van der Waals surface area contributed by atoms with E-state index in [0.717, 1.165) is 51.7 Å². The highest BCUT2D eigenvalue weighted by Gasteiger charge is 2.44. The standard InChI is InChI=1S/C27H30N2O3/c1-16-13-23-21(25(28-19-11-12-19)26(31)27(2,3)32-23)15-22(16)29-24(30)14-18-9-6-8-17-7-4-5-10-20(17)18/h4-10,13,15,19,25-26,28,31H,11-12,14H2,1-3H3,(H,29,30)/t25-,26+/m0/s1. The third-order valence-corrected chi connectivity index (χ3v) is 6.59. The number of rotatable bonds is 5. The molecule has 0 saturated heterocycles. The minimum absolute atomic E-state index is 0.0614. The maximum absolute atomic E-state index is 13.0. The molecule has 1 heterocycles. The Hall–Kier alpha value is -2.89. The van der Waals surface area contributed by atoms with Crippen LogP contribution in [0.4, 0.5) is 5.69 Å². The number of carbonyl (C=O) groups is 1. The monoisotopic (exact) mass is 430 g/mol. The van der Waals surface area contributed by atoms with Crippen LogP contribution in [0.1, 0.15) is 49.4 Å². The van der Waals surface area contributed by atoms with Crippen LogP contribution in [0.15, 0.2) is 54.6 Å². The highest BCUT2D eigenvalue weighted by Crippen LogP contribution is 2.43. The second-order valence-corrected chi connectivity index (χ2v) is 9.64. The van der Waals surface area contributed by atoms with Crippen LogP contribution in [-0.2, 0) is 11.2 Å². The van der Waals surface area contributed by atoms with Gasteiger partial charge in [-0.15, -0.1) is 0 Å². The molecule has 2 aliphatic rings. The number of carbonyl (C=O) groups excluding carboxylic acids is 1. The summed E-state index contributed by atoms with van der Waals surface area (Å²) in [6.07, 6.45) is 1.87. The van der Waals surface area contributed by atoms with E-state index in [-0.39, 0.29) is 11.9 Å². The van der Waals surface area contributed by atoms with Crippen molar-refractivity contribution in [2.45, 2.75) is 63.8 Å². The average Bonchev–Trinajstić information content (AvgIpc) is 3.57. The van der Waals surface area contributed by atoms with Crippen LogP contribution < -0.4 is 15.4 Å². The van der Waals surface area contributed by atoms with E-state index in [9.17, 15) is 9.90 Å². The number of aliphatic hydroxyl groups is 1. The number of aryl methyl sites for hydroxylation is 1. The molecular weight excluding hydrogens is 400 g/mol. The molecule has 1 fully saturated rings. The van der Waals surface area contributed by atoms with Crippen LogP contribution in [0, 0.1) is 6.92 Å². The van der Waals surface area contributed by atoms with Crippen molar-refractivity contribution in [2.24, 2.45) is 0 Å². The molecule has 3 aromatic carbocycles. The summed E-state index contributed by atoms with van der Waals surface area (Å²) >= 11 is 0. The Labute approximate surface area is 188 Å². The molecule has 0 spiro atoms. The van der Waals surface area contributed by atoms with Gasteiger partial charge in [0, 0.05) is 17.3 Å². The van der Waals surface area contributed by atoms with Gasteiger partial charge in [0.1, 0.15) is 17.5 Å². The molecule has 5 heteroatoms. The zero-order valence-corrected chi connectivity index (χ0v) is 18.8. The van der Waals surface area contributed by atoms with Crippen molar-refractivity contribution < 1.29 is 14.6 Å². The van der Waals surface area contributed by atoms with Crippen LogP contribution in [0.3, 0.4) is 0 Å². The maximum atomic E-state index is 13.0. The van der Waals surface area contributed by atoms with E-state index in [2.05, 4.69) is 28.8 Å². The lowest BCUT2D eigenvalue weighted by molar-refractivity contribution is -0.115. The highest BCUT2D eigenvalue weighted by atomic mass is 16.5. The van der Waals surface area contributed by atoms with Gasteiger partial charge < -0.3 is 20.5 Å². The Balaban J connectivity index is 1.42. The fraction of sp³-hybridized carbons (Fsp3) is 0.370. The summed E-state index contributed by atoms with van der Waals surface area (Å²) in [4.78, 5) is 13.0. The van der Waals surface area contributed by atoms with E-state index in [1.165, 1.54) is 0 Å². The minimum atomic E-state index is -0.689. The van der Waals surface area contributed by atoms with E-state index in [1.807, 2.05) is 57.2 Å².